The summed E-state index contributed by atoms with van der Waals surface area (Å²) < 4.78 is 5.41. The third-order valence-corrected chi connectivity index (χ3v) is 4.39. The normalized spacial score (nSPS) is 28.1. The van der Waals surface area contributed by atoms with Crippen LogP contribution in [0.15, 0.2) is 18.2 Å². The molecule has 1 aliphatic heterocycles. The fraction of sp³-hybridized carbons (Fsp3) is 0.562. The molecule has 3 rings (SSSR count). The van der Waals surface area contributed by atoms with Gasteiger partial charge in [0.05, 0.1) is 5.92 Å². The van der Waals surface area contributed by atoms with Crippen molar-refractivity contribution in [1.29, 1.82) is 0 Å². The summed E-state index contributed by atoms with van der Waals surface area (Å²) in [5.74, 6) is 0.292. The third kappa shape index (κ3) is 2.34. The quantitative estimate of drug-likeness (QED) is 0.636. The molecule has 20 heavy (non-hydrogen) atoms. The van der Waals surface area contributed by atoms with Gasteiger partial charge in [0.1, 0.15) is 5.75 Å². The lowest BCUT2D eigenvalue weighted by Crippen LogP contribution is -2.55. The van der Waals surface area contributed by atoms with Gasteiger partial charge in [-0.1, -0.05) is 19.9 Å². The lowest BCUT2D eigenvalue weighted by atomic mass is 9.71. The number of piperidine rings is 1. The maximum absolute atomic E-state index is 11.7. The van der Waals surface area contributed by atoms with Crippen molar-refractivity contribution < 1.29 is 9.53 Å². The minimum absolute atomic E-state index is 0.124. The Hall–Kier alpha value is -1.39. The van der Waals surface area contributed by atoms with Crippen LogP contribution >= 0.6 is 0 Å². The SMILES string of the molecule is CC(C)C(=O)Oc1ccc2c(c1)[C@@]1(N)CCNC(C2)C1. The number of hydrogen-bond donors (Lipinski definition) is 2. The molecule has 3 N–H and O–H groups in total. The topological polar surface area (TPSA) is 64.3 Å². The molecule has 1 aromatic carbocycles. The van der Waals surface area contributed by atoms with Crippen molar-refractivity contribution in [1.82, 2.24) is 5.32 Å². The number of nitrogens with one attached hydrogen (secondary N) is 1. The van der Waals surface area contributed by atoms with Crippen LogP contribution < -0.4 is 15.8 Å². The van der Waals surface area contributed by atoms with Crippen molar-refractivity contribution >= 4 is 5.97 Å². The molecule has 0 aromatic heterocycles. The van der Waals surface area contributed by atoms with Crippen molar-refractivity contribution in [3.63, 3.8) is 0 Å². The van der Waals surface area contributed by atoms with Gasteiger partial charge < -0.3 is 15.8 Å². The second-order valence-corrected chi connectivity index (χ2v) is 6.36. The van der Waals surface area contributed by atoms with E-state index < -0.39 is 0 Å². The lowest BCUT2D eigenvalue weighted by Gasteiger charge is -2.44. The van der Waals surface area contributed by atoms with Gasteiger partial charge in [0, 0.05) is 11.6 Å². The second-order valence-electron chi connectivity index (χ2n) is 6.36. The van der Waals surface area contributed by atoms with Crippen LogP contribution in [0.4, 0.5) is 0 Å². The van der Waals surface area contributed by atoms with Gasteiger partial charge in [-0.15, -0.1) is 0 Å². The standard InChI is InChI=1S/C16H22N2O2/c1-10(2)15(19)20-13-4-3-11-7-12-9-16(17,5-6-18-12)14(11)8-13/h3-4,8,10,12,18H,5-7,9,17H2,1-2H3/t12?,16-/m1/s1. The van der Waals surface area contributed by atoms with Crippen LogP contribution in [-0.2, 0) is 16.8 Å². The van der Waals surface area contributed by atoms with Crippen molar-refractivity contribution in [3.8, 4) is 5.75 Å². The Kier molecular flexibility index (Phi) is 3.30. The number of ether oxygens (including phenoxy) is 1. The molecule has 0 spiro atoms. The maximum Gasteiger partial charge on any atom is 0.313 e. The molecule has 1 fully saturated rings. The Labute approximate surface area is 119 Å². The van der Waals surface area contributed by atoms with Gasteiger partial charge in [-0.3, -0.25) is 4.79 Å². The lowest BCUT2D eigenvalue weighted by molar-refractivity contribution is -0.137. The van der Waals surface area contributed by atoms with Crippen molar-refractivity contribution in [3.05, 3.63) is 29.3 Å². The van der Waals surface area contributed by atoms with E-state index in [-0.39, 0.29) is 17.4 Å². The summed E-state index contributed by atoms with van der Waals surface area (Å²) in [6.45, 7) is 4.63. The number of esters is 1. The zero-order chi connectivity index (χ0) is 14.3. The van der Waals surface area contributed by atoms with Gasteiger partial charge in [0.15, 0.2) is 0 Å². The number of fused-ring (bicyclic) bond motifs is 4. The average Bonchev–Trinajstić information content (AvgIpc) is 2.39. The molecule has 1 aliphatic carbocycles. The van der Waals surface area contributed by atoms with Crippen molar-refractivity contribution in [2.24, 2.45) is 11.7 Å². The predicted octanol–water partition coefficient (Wildman–Crippen LogP) is 1.71. The number of rotatable bonds is 2. The van der Waals surface area contributed by atoms with E-state index in [0.717, 1.165) is 31.4 Å². The van der Waals surface area contributed by atoms with Crippen LogP contribution in [0.3, 0.4) is 0 Å². The van der Waals surface area contributed by atoms with E-state index in [0.29, 0.717) is 11.8 Å². The largest absolute Gasteiger partial charge is 0.426 e. The van der Waals surface area contributed by atoms with Crippen LogP contribution in [0.1, 0.15) is 37.8 Å². The second kappa shape index (κ2) is 4.86. The molecule has 2 aliphatic rings. The summed E-state index contributed by atoms with van der Waals surface area (Å²) in [6, 6.07) is 6.38. The molecule has 4 heteroatoms. The molecule has 2 bridgehead atoms. The molecule has 0 radical (unpaired) electrons. The summed E-state index contributed by atoms with van der Waals surface area (Å²) in [7, 11) is 0. The van der Waals surface area contributed by atoms with Gasteiger partial charge in [-0.2, -0.15) is 0 Å². The number of nitrogens with two attached hydrogens (primary N) is 1. The molecule has 1 unspecified atom stereocenters. The van der Waals surface area contributed by atoms with Gasteiger partial charge in [-0.25, -0.2) is 0 Å². The van der Waals surface area contributed by atoms with Crippen LogP contribution in [0.5, 0.6) is 5.75 Å². The highest BCUT2D eigenvalue weighted by Crippen LogP contribution is 2.39. The highest BCUT2D eigenvalue weighted by molar-refractivity contribution is 5.74. The van der Waals surface area contributed by atoms with E-state index in [4.69, 9.17) is 10.5 Å². The highest BCUT2D eigenvalue weighted by Gasteiger charge is 2.40. The minimum Gasteiger partial charge on any atom is -0.426 e. The van der Waals surface area contributed by atoms with Crippen LogP contribution in [0, 0.1) is 5.92 Å². The van der Waals surface area contributed by atoms with E-state index in [1.165, 1.54) is 5.56 Å². The van der Waals surface area contributed by atoms with Crippen molar-refractivity contribution in [2.75, 3.05) is 6.54 Å². The van der Waals surface area contributed by atoms with E-state index in [2.05, 4.69) is 11.4 Å². The van der Waals surface area contributed by atoms with E-state index >= 15 is 0 Å². The fourth-order valence-corrected chi connectivity index (χ4v) is 3.26. The van der Waals surface area contributed by atoms with Crippen molar-refractivity contribution in [2.45, 2.75) is 44.7 Å². The zero-order valence-electron chi connectivity index (χ0n) is 12.1. The Bertz CT molecular complexity index is 541. The van der Waals surface area contributed by atoms with Gasteiger partial charge in [-0.05, 0) is 49.1 Å². The first-order valence-corrected chi connectivity index (χ1v) is 7.35. The van der Waals surface area contributed by atoms with Gasteiger partial charge >= 0.3 is 5.97 Å². The summed E-state index contributed by atoms with van der Waals surface area (Å²) in [5.41, 5.74) is 8.75. The Morgan fingerprint density at radius 2 is 2.30 bits per heavy atom. The van der Waals surface area contributed by atoms with Gasteiger partial charge in [0.25, 0.3) is 0 Å². The smallest absolute Gasteiger partial charge is 0.313 e. The number of benzene rings is 1. The Morgan fingerprint density at radius 1 is 1.50 bits per heavy atom. The fourth-order valence-electron chi connectivity index (χ4n) is 3.26. The summed E-state index contributed by atoms with van der Waals surface area (Å²) in [6.07, 6.45) is 2.90. The number of carbonyl (C=O) groups excluding carboxylic acids is 1. The number of hydrogen-bond acceptors (Lipinski definition) is 4. The van der Waals surface area contributed by atoms with Crippen LogP contribution in [-0.4, -0.2) is 18.6 Å². The molecular formula is C16H22N2O2. The molecule has 4 nitrogen and oxygen atoms in total. The molecule has 0 amide bonds. The molecular weight excluding hydrogens is 252 g/mol. The Balaban J connectivity index is 1.92. The van der Waals surface area contributed by atoms with Crippen LogP contribution in [0.25, 0.3) is 0 Å². The third-order valence-electron chi connectivity index (χ3n) is 4.39. The molecule has 1 heterocycles. The monoisotopic (exact) mass is 274 g/mol. The predicted molar refractivity (Wildman–Crippen MR) is 77.5 cm³/mol. The first kappa shape index (κ1) is 13.6. The average molecular weight is 274 g/mol. The summed E-state index contributed by atoms with van der Waals surface area (Å²) in [4.78, 5) is 11.7. The molecule has 1 saturated heterocycles. The van der Waals surface area contributed by atoms with Gasteiger partial charge in [0.2, 0.25) is 0 Å². The molecule has 2 atom stereocenters. The number of carbonyl (C=O) groups is 1. The highest BCUT2D eigenvalue weighted by atomic mass is 16.5. The first-order valence-electron chi connectivity index (χ1n) is 7.35. The zero-order valence-corrected chi connectivity index (χ0v) is 12.1. The first-order chi connectivity index (χ1) is 9.48. The van der Waals surface area contributed by atoms with E-state index in [9.17, 15) is 4.79 Å². The molecule has 108 valence electrons. The molecule has 0 saturated carbocycles. The Morgan fingerprint density at radius 3 is 3.05 bits per heavy atom. The summed E-state index contributed by atoms with van der Waals surface area (Å²) >= 11 is 0. The maximum atomic E-state index is 11.7. The minimum atomic E-state index is -0.274. The van der Waals surface area contributed by atoms with E-state index in [1.54, 1.807) is 0 Å². The van der Waals surface area contributed by atoms with Crippen LogP contribution in [0.2, 0.25) is 0 Å². The van der Waals surface area contributed by atoms with E-state index in [1.807, 2.05) is 26.0 Å². The molecule has 1 aromatic rings. The summed E-state index contributed by atoms with van der Waals surface area (Å²) in [5, 5.41) is 3.51.